The quantitative estimate of drug-likeness (QED) is 0.402. The minimum absolute atomic E-state index is 0.0397. The zero-order valence-electron chi connectivity index (χ0n) is 17.5. The number of aryl methyl sites for hydroxylation is 1. The van der Waals surface area contributed by atoms with Crippen molar-refractivity contribution in [3.8, 4) is 11.5 Å². The highest BCUT2D eigenvalue weighted by Crippen LogP contribution is 2.36. The number of hydrogen-bond donors (Lipinski definition) is 1. The monoisotopic (exact) mass is 497 g/mol. The first kappa shape index (κ1) is 21.9. The van der Waals surface area contributed by atoms with Crippen molar-refractivity contribution in [2.75, 3.05) is 10.5 Å². The largest absolute Gasteiger partial charge is 0.435 e. The van der Waals surface area contributed by atoms with Crippen molar-refractivity contribution in [1.82, 2.24) is 29.1 Å². The molecule has 0 amide bonds. The maximum atomic E-state index is 13.1. The van der Waals surface area contributed by atoms with Crippen molar-refractivity contribution in [3.05, 3.63) is 30.1 Å². The summed E-state index contributed by atoms with van der Waals surface area (Å²) in [6.45, 7) is 1.51. The van der Waals surface area contributed by atoms with E-state index in [-0.39, 0.29) is 33.5 Å². The van der Waals surface area contributed by atoms with Gasteiger partial charge >= 0.3 is 6.18 Å². The Bertz CT molecular complexity index is 1490. The van der Waals surface area contributed by atoms with Gasteiger partial charge in [0.05, 0.1) is 5.75 Å². The predicted molar refractivity (Wildman–Crippen MR) is 117 cm³/mol. The molecule has 5 rings (SSSR count). The number of aromatic nitrogens is 6. The molecule has 4 aromatic heterocycles. The van der Waals surface area contributed by atoms with Crippen LogP contribution in [0.2, 0.25) is 0 Å². The van der Waals surface area contributed by atoms with Gasteiger partial charge in [0.25, 0.3) is 0 Å². The van der Waals surface area contributed by atoms with Gasteiger partial charge in [-0.3, -0.25) is 4.40 Å². The zero-order chi connectivity index (χ0) is 23.5. The van der Waals surface area contributed by atoms with Crippen LogP contribution >= 0.6 is 11.9 Å². The van der Waals surface area contributed by atoms with Crippen molar-refractivity contribution >= 4 is 44.3 Å². The minimum Gasteiger partial charge on any atom is -0.329 e. The Morgan fingerprint density at radius 1 is 1.21 bits per heavy atom. The van der Waals surface area contributed by atoms with Crippen molar-refractivity contribution < 1.29 is 21.6 Å². The topological polar surface area (TPSA) is 107 Å². The lowest BCUT2D eigenvalue weighted by Gasteiger charge is -2.07. The Labute approximate surface area is 190 Å². The van der Waals surface area contributed by atoms with Gasteiger partial charge in [-0.05, 0) is 30.9 Å². The number of nitrogens with zero attached hydrogens (tertiary/aromatic N) is 6. The van der Waals surface area contributed by atoms with E-state index in [0.29, 0.717) is 10.9 Å². The molecule has 33 heavy (non-hydrogen) atoms. The summed E-state index contributed by atoms with van der Waals surface area (Å²) < 4.78 is 71.3. The summed E-state index contributed by atoms with van der Waals surface area (Å²) >= 11 is 1.60. The van der Waals surface area contributed by atoms with Crippen LogP contribution in [0.25, 0.3) is 28.3 Å². The predicted octanol–water partition coefficient (Wildman–Crippen LogP) is 3.71. The first-order valence-corrected chi connectivity index (χ1v) is 12.6. The highest BCUT2D eigenvalue weighted by molar-refractivity contribution is 8.01. The van der Waals surface area contributed by atoms with E-state index in [1.807, 2.05) is 0 Å². The van der Waals surface area contributed by atoms with Crippen LogP contribution in [0.4, 0.5) is 18.9 Å². The van der Waals surface area contributed by atoms with Crippen LogP contribution in [-0.4, -0.2) is 48.6 Å². The second-order valence-electron chi connectivity index (χ2n) is 7.66. The molecule has 1 aliphatic rings. The summed E-state index contributed by atoms with van der Waals surface area (Å²) in [5, 5.41) is 7.38. The Morgan fingerprint density at radius 3 is 2.64 bits per heavy atom. The molecular formula is C19H18F3N7O2S2. The number of hydrogen-bond acceptors (Lipinski definition) is 8. The fourth-order valence-corrected chi connectivity index (χ4v) is 5.30. The lowest BCUT2D eigenvalue weighted by atomic mass is 10.3. The third kappa shape index (κ3) is 3.90. The minimum atomic E-state index is -4.68. The van der Waals surface area contributed by atoms with Crippen LogP contribution in [0.5, 0.6) is 0 Å². The maximum Gasteiger partial charge on any atom is 0.435 e. The highest BCUT2D eigenvalue weighted by Gasteiger charge is 2.34. The van der Waals surface area contributed by atoms with Crippen molar-refractivity contribution in [1.29, 1.82) is 0 Å². The van der Waals surface area contributed by atoms with E-state index in [1.165, 1.54) is 22.9 Å². The van der Waals surface area contributed by atoms with E-state index in [2.05, 4.69) is 24.9 Å². The molecular weight excluding hydrogens is 479 g/mol. The Hall–Kier alpha value is -2.87. The molecule has 174 valence electrons. The van der Waals surface area contributed by atoms with E-state index in [0.717, 1.165) is 24.6 Å². The second-order valence-corrected chi connectivity index (χ2v) is 11.0. The molecule has 0 aliphatic heterocycles. The van der Waals surface area contributed by atoms with E-state index in [4.69, 9.17) is 0 Å². The molecule has 0 bridgehead atoms. The van der Waals surface area contributed by atoms with E-state index < -0.39 is 21.7 Å². The van der Waals surface area contributed by atoms with Crippen molar-refractivity contribution in [2.45, 2.75) is 36.2 Å². The van der Waals surface area contributed by atoms with Crippen LogP contribution in [0.15, 0.2) is 29.4 Å². The summed E-state index contributed by atoms with van der Waals surface area (Å²) in [5.41, 5.74) is 0.0143. The number of pyridine rings is 1. The average molecular weight is 498 g/mol. The fraction of sp³-hybridized carbons (Fsp3) is 0.368. The lowest BCUT2D eigenvalue weighted by molar-refractivity contribution is -0.141. The number of sulfone groups is 1. The van der Waals surface area contributed by atoms with E-state index >= 15 is 0 Å². The third-order valence-electron chi connectivity index (χ3n) is 5.24. The number of fused-ring (bicyclic) bond motifs is 2. The van der Waals surface area contributed by atoms with Gasteiger partial charge in [0.2, 0.25) is 0 Å². The highest BCUT2D eigenvalue weighted by atomic mass is 32.2. The van der Waals surface area contributed by atoms with Crippen molar-refractivity contribution in [2.24, 2.45) is 7.05 Å². The first-order chi connectivity index (χ1) is 15.6. The Balaban J connectivity index is 1.69. The summed E-state index contributed by atoms with van der Waals surface area (Å²) in [6, 6.07) is 4.25. The summed E-state index contributed by atoms with van der Waals surface area (Å²) in [7, 11) is -2.24. The summed E-state index contributed by atoms with van der Waals surface area (Å²) in [5.74, 6) is -0.107. The van der Waals surface area contributed by atoms with Crippen LogP contribution in [-0.2, 0) is 23.1 Å². The maximum absolute atomic E-state index is 13.1. The number of anilines is 1. The van der Waals surface area contributed by atoms with Gasteiger partial charge < -0.3 is 9.29 Å². The second kappa shape index (κ2) is 7.58. The molecule has 1 saturated carbocycles. The van der Waals surface area contributed by atoms with Crippen LogP contribution in [0.3, 0.4) is 0 Å². The molecule has 1 fully saturated rings. The van der Waals surface area contributed by atoms with Crippen molar-refractivity contribution in [3.63, 3.8) is 0 Å². The normalized spacial score (nSPS) is 14.9. The standard InChI is InChI=1S/C19H18F3N7O2S2/c1-3-33(30,31)18-15(24-14-8-10(6-7-29(14)18)27-32-11-4-5-11)17-23-12-9-13(19(20,21)22)25-26-16(12)28(17)2/h6-9,11,27H,3-5H2,1-2H3. The number of halogens is 3. The van der Waals surface area contributed by atoms with Gasteiger partial charge in [-0.2, -0.15) is 13.2 Å². The third-order valence-corrected chi connectivity index (χ3v) is 8.14. The zero-order valence-corrected chi connectivity index (χ0v) is 19.1. The van der Waals surface area contributed by atoms with Gasteiger partial charge in [0, 0.05) is 36.3 Å². The SMILES string of the molecule is CCS(=O)(=O)c1c(-c2nc3cc(C(F)(F)F)nnc3n2C)nc2cc(NSC3CC3)ccn12. The molecule has 14 heteroatoms. The molecule has 0 spiro atoms. The van der Waals surface area contributed by atoms with Crippen LogP contribution in [0, 0.1) is 0 Å². The molecule has 0 saturated heterocycles. The van der Waals surface area contributed by atoms with Crippen LogP contribution < -0.4 is 4.72 Å². The van der Waals surface area contributed by atoms with Gasteiger partial charge in [0.15, 0.2) is 32.0 Å². The number of imidazole rings is 2. The van der Waals surface area contributed by atoms with E-state index in [1.54, 1.807) is 30.3 Å². The summed E-state index contributed by atoms with van der Waals surface area (Å²) in [6.07, 6.45) is -0.773. The fourth-order valence-electron chi connectivity index (χ4n) is 3.34. The molecule has 1 aliphatic carbocycles. The summed E-state index contributed by atoms with van der Waals surface area (Å²) in [4.78, 5) is 8.76. The van der Waals surface area contributed by atoms with Gasteiger partial charge in [-0.25, -0.2) is 18.4 Å². The Kier molecular flexibility index (Phi) is 5.04. The molecule has 4 aromatic rings. The first-order valence-electron chi connectivity index (χ1n) is 10.0. The Morgan fingerprint density at radius 2 is 1.97 bits per heavy atom. The van der Waals surface area contributed by atoms with Gasteiger partial charge in [0.1, 0.15) is 16.9 Å². The van der Waals surface area contributed by atoms with Crippen LogP contribution in [0.1, 0.15) is 25.5 Å². The number of rotatable bonds is 6. The number of alkyl halides is 3. The lowest BCUT2D eigenvalue weighted by Crippen LogP contribution is -2.10. The average Bonchev–Trinajstić information content (AvgIpc) is 3.43. The molecule has 1 N–H and O–H groups in total. The van der Waals surface area contributed by atoms with Gasteiger partial charge in [-0.15, -0.1) is 10.2 Å². The smallest absolute Gasteiger partial charge is 0.329 e. The molecule has 0 atom stereocenters. The van der Waals surface area contributed by atoms with E-state index in [9.17, 15) is 21.6 Å². The molecule has 0 unspecified atom stereocenters. The van der Waals surface area contributed by atoms with Gasteiger partial charge in [-0.1, -0.05) is 6.92 Å². The number of nitrogens with one attached hydrogen (secondary N) is 1. The molecule has 0 aromatic carbocycles. The molecule has 4 heterocycles. The molecule has 0 radical (unpaired) electrons. The molecule has 9 nitrogen and oxygen atoms in total.